The van der Waals surface area contributed by atoms with Gasteiger partial charge in [0, 0.05) is 40.5 Å². The molecule has 0 unspecified atom stereocenters. The molecule has 0 atom stereocenters. The van der Waals surface area contributed by atoms with Gasteiger partial charge in [-0.1, -0.05) is 0 Å². The molecular weight excluding hydrogens is 352 g/mol. The average molecular weight is 376 g/mol. The molecule has 0 saturated carbocycles. The third-order valence-corrected chi connectivity index (χ3v) is 5.21. The fourth-order valence-electron chi connectivity index (χ4n) is 3.75. The van der Waals surface area contributed by atoms with E-state index in [1.54, 1.807) is 18.3 Å². The second kappa shape index (κ2) is 7.22. The van der Waals surface area contributed by atoms with Gasteiger partial charge in [0.15, 0.2) is 0 Å². The molecule has 0 aliphatic carbocycles. The highest BCUT2D eigenvalue weighted by Gasteiger charge is 2.18. The number of fused-ring (bicyclic) bond motifs is 2. The third-order valence-electron chi connectivity index (χ3n) is 5.21. The van der Waals surface area contributed by atoms with Gasteiger partial charge in [-0.05, 0) is 68.9 Å². The molecule has 2 aliphatic rings. The van der Waals surface area contributed by atoms with Gasteiger partial charge in [0.25, 0.3) is 0 Å². The van der Waals surface area contributed by atoms with Crippen molar-refractivity contribution in [2.75, 3.05) is 27.2 Å². The summed E-state index contributed by atoms with van der Waals surface area (Å²) in [5.41, 5.74) is 9.07. The third kappa shape index (κ3) is 3.00. The normalized spacial score (nSPS) is 15.6. The Morgan fingerprint density at radius 3 is 1.79 bits per heavy atom. The molecule has 4 rings (SSSR count). The van der Waals surface area contributed by atoms with E-state index in [9.17, 15) is 10.2 Å². The minimum Gasteiger partial charge on any atom is -0.507 e. The van der Waals surface area contributed by atoms with E-state index in [0.29, 0.717) is 29.0 Å². The highest BCUT2D eigenvalue weighted by Crippen LogP contribution is 2.32. The van der Waals surface area contributed by atoms with Gasteiger partial charge in [-0.15, -0.1) is 0 Å². The van der Waals surface area contributed by atoms with Crippen LogP contribution in [0.2, 0.25) is 0 Å². The molecule has 6 nitrogen and oxygen atoms in total. The lowest BCUT2D eigenvalue weighted by molar-refractivity contribution is 0.419. The number of hydrogen-bond donors (Lipinski definition) is 3. The Hall–Kier alpha value is -2.96. The molecule has 0 aromatic heterocycles. The SMILES string of the molecule is CN(C)CCC1=CN=c2ccc(=c3ccc4c(c3O)C(CCN)=CN=4)c(O)c21. The second-order valence-electron chi connectivity index (χ2n) is 7.37. The van der Waals surface area contributed by atoms with Crippen LogP contribution in [0.15, 0.2) is 46.7 Å². The first kappa shape index (κ1) is 18.4. The van der Waals surface area contributed by atoms with E-state index >= 15 is 0 Å². The number of phenols is 2. The molecule has 0 radical (unpaired) electrons. The predicted molar refractivity (Wildman–Crippen MR) is 109 cm³/mol. The smallest absolute Gasteiger partial charge is 0.133 e. The molecule has 0 amide bonds. The van der Waals surface area contributed by atoms with Crippen molar-refractivity contribution < 1.29 is 10.2 Å². The lowest BCUT2D eigenvalue weighted by atomic mass is 9.98. The zero-order chi connectivity index (χ0) is 19.8. The summed E-state index contributed by atoms with van der Waals surface area (Å²) in [6, 6.07) is 7.36. The number of rotatable bonds is 5. The molecular formula is C22H24N4O2. The Kier molecular flexibility index (Phi) is 4.75. The fraction of sp³-hybridized carbons (Fsp3) is 0.273. The monoisotopic (exact) mass is 376 g/mol. The number of benzene rings is 2. The minimum atomic E-state index is 0.127. The van der Waals surface area contributed by atoms with Crippen LogP contribution in [0.4, 0.5) is 0 Å². The lowest BCUT2D eigenvalue weighted by Gasteiger charge is -2.11. The molecule has 28 heavy (non-hydrogen) atoms. The molecule has 144 valence electrons. The molecule has 2 heterocycles. The van der Waals surface area contributed by atoms with Crippen LogP contribution in [-0.4, -0.2) is 42.3 Å². The molecule has 0 saturated heterocycles. The van der Waals surface area contributed by atoms with E-state index in [0.717, 1.165) is 40.4 Å². The van der Waals surface area contributed by atoms with Gasteiger partial charge in [-0.2, -0.15) is 0 Å². The number of nitrogens with two attached hydrogens (primary N) is 1. The molecule has 0 bridgehead atoms. The number of hydrogen-bond acceptors (Lipinski definition) is 6. The highest BCUT2D eigenvalue weighted by atomic mass is 16.3. The maximum Gasteiger partial charge on any atom is 0.133 e. The van der Waals surface area contributed by atoms with Crippen LogP contribution in [-0.2, 0) is 0 Å². The van der Waals surface area contributed by atoms with Crippen LogP contribution < -0.4 is 16.4 Å². The van der Waals surface area contributed by atoms with Gasteiger partial charge in [-0.25, -0.2) is 0 Å². The molecule has 2 aromatic carbocycles. The van der Waals surface area contributed by atoms with Crippen LogP contribution >= 0.6 is 0 Å². The van der Waals surface area contributed by atoms with Gasteiger partial charge < -0.3 is 20.8 Å². The number of phenolic OH excluding ortho intramolecular Hbond substituents is 2. The summed E-state index contributed by atoms with van der Waals surface area (Å²) in [6.45, 7) is 1.35. The maximum atomic E-state index is 11.1. The first-order chi connectivity index (χ1) is 13.5. The molecule has 6 heteroatoms. The average Bonchev–Trinajstić information content (AvgIpc) is 3.27. The van der Waals surface area contributed by atoms with E-state index < -0.39 is 0 Å². The molecule has 0 spiro atoms. The van der Waals surface area contributed by atoms with Crippen LogP contribution in [0.25, 0.3) is 11.1 Å². The van der Waals surface area contributed by atoms with Gasteiger partial charge in [0.05, 0.1) is 10.7 Å². The van der Waals surface area contributed by atoms with E-state index in [2.05, 4.69) is 14.9 Å². The Bertz CT molecular complexity index is 1230. The van der Waals surface area contributed by atoms with Gasteiger partial charge >= 0.3 is 0 Å². The zero-order valence-corrected chi connectivity index (χ0v) is 16.1. The van der Waals surface area contributed by atoms with E-state index in [1.165, 1.54) is 0 Å². The van der Waals surface area contributed by atoms with Crippen LogP contribution in [0, 0.1) is 10.4 Å². The maximum absolute atomic E-state index is 11.1. The Balaban J connectivity index is 1.92. The summed E-state index contributed by atoms with van der Waals surface area (Å²) >= 11 is 0. The Labute approximate surface area is 163 Å². The Morgan fingerprint density at radius 1 is 0.821 bits per heavy atom. The van der Waals surface area contributed by atoms with Crippen molar-refractivity contribution in [2.24, 2.45) is 15.7 Å². The molecule has 2 aromatic rings. The van der Waals surface area contributed by atoms with Crippen molar-refractivity contribution in [3.05, 3.63) is 68.9 Å². The summed E-state index contributed by atoms with van der Waals surface area (Å²) in [7, 11) is 4.04. The van der Waals surface area contributed by atoms with Crippen molar-refractivity contribution in [3.8, 4) is 11.5 Å². The summed E-state index contributed by atoms with van der Waals surface area (Å²) < 4.78 is 0. The highest BCUT2D eigenvalue weighted by molar-refractivity contribution is 5.74. The van der Waals surface area contributed by atoms with Crippen molar-refractivity contribution >= 4 is 11.1 Å². The van der Waals surface area contributed by atoms with Crippen LogP contribution in [0.5, 0.6) is 11.5 Å². The lowest BCUT2D eigenvalue weighted by Crippen LogP contribution is -2.14. The van der Waals surface area contributed by atoms with Gasteiger partial charge in [-0.3, -0.25) is 9.98 Å². The molecule has 4 N–H and O–H groups in total. The van der Waals surface area contributed by atoms with Crippen molar-refractivity contribution in [1.29, 1.82) is 0 Å². The van der Waals surface area contributed by atoms with Crippen molar-refractivity contribution in [3.63, 3.8) is 0 Å². The quantitative estimate of drug-likeness (QED) is 0.739. The summed E-state index contributed by atoms with van der Waals surface area (Å²) in [5, 5.41) is 24.7. The first-order valence-electron chi connectivity index (χ1n) is 9.39. The standard InChI is InChI=1S/C22H24N4O2/c1-26(2)10-8-14-12-25-18-6-4-16(22(28)20(14)18)15-3-5-17-19(21(15)27)13(7-9-23)11-24-17/h3-6,11-12,27-28H,7-10,23H2,1-2H3. The summed E-state index contributed by atoms with van der Waals surface area (Å²) in [6.07, 6.45) is 5.00. The second-order valence-corrected chi connectivity index (χ2v) is 7.37. The summed E-state index contributed by atoms with van der Waals surface area (Å²) in [5.74, 6) is 0.278. The van der Waals surface area contributed by atoms with E-state index in [1.807, 2.05) is 32.4 Å². The Morgan fingerprint density at radius 2 is 1.32 bits per heavy atom. The van der Waals surface area contributed by atoms with Crippen LogP contribution in [0.3, 0.4) is 0 Å². The topological polar surface area (TPSA) is 94.4 Å². The predicted octanol–water partition coefficient (Wildman–Crippen LogP) is 1.63. The van der Waals surface area contributed by atoms with E-state index in [4.69, 9.17) is 5.73 Å². The zero-order valence-electron chi connectivity index (χ0n) is 16.1. The van der Waals surface area contributed by atoms with E-state index in [-0.39, 0.29) is 11.5 Å². The van der Waals surface area contributed by atoms with Crippen molar-refractivity contribution in [1.82, 2.24) is 4.90 Å². The number of aromatic hydroxyl groups is 2. The van der Waals surface area contributed by atoms with Crippen molar-refractivity contribution in [2.45, 2.75) is 12.8 Å². The fourth-order valence-corrected chi connectivity index (χ4v) is 3.75. The van der Waals surface area contributed by atoms with Gasteiger partial charge in [0.2, 0.25) is 0 Å². The van der Waals surface area contributed by atoms with Crippen LogP contribution in [0.1, 0.15) is 24.0 Å². The minimum absolute atomic E-state index is 0.127. The molecule has 2 aliphatic heterocycles. The summed E-state index contributed by atoms with van der Waals surface area (Å²) in [4.78, 5) is 10.9. The first-order valence-corrected chi connectivity index (χ1v) is 9.39. The van der Waals surface area contributed by atoms with Gasteiger partial charge in [0.1, 0.15) is 11.5 Å². The largest absolute Gasteiger partial charge is 0.507 e. The molecule has 0 fully saturated rings. The number of nitrogens with zero attached hydrogens (tertiary/aromatic N) is 3.